The van der Waals surface area contributed by atoms with Gasteiger partial charge in [0.1, 0.15) is 22.3 Å². The highest BCUT2D eigenvalue weighted by Gasteiger charge is 2.39. The molecule has 0 amide bonds. The Morgan fingerprint density at radius 1 is 0.154 bits per heavy atom. The van der Waals surface area contributed by atoms with Crippen LogP contribution in [-0.4, -0.2) is 0 Å². The number of para-hydroxylation sites is 4. The van der Waals surface area contributed by atoms with E-state index < -0.39 is 0 Å². The zero-order valence-corrected chi connectivity index (χ0v) is 72.7. The van der Waals surface area contributed by atoms with Gasteiger partial charge < -0.3 is 18.6 Å². The lowest BCUT2D eigenvalue weighted by Crippen LogP contribution is -2.16. The number of anilines is 6. The van der Waals surface area contributed by atoms with Gasteiger partial charge in [0.25, 0.3) is 0 Å². The fraction of sp³-hybridized carbons (Fsp3) is 0.0476. The summed E-state index contributed by atoms with van der Waals surface area (Å²) < 4.78 is 12.8. The van der Waals surface area contributed by atoms with Crippen molar-refractivity contribution in [2.24, 2.45) is 0 Å². The molecule has 0 saturated heterocycles. The van der Waals surface area contributed by atoms with Crippen LogP contribution in [0.4, 0.5) is 34.1 Å². The van der Waals surface area contributed by atoms with Crippen molar-refractivity contribution in [1.82, 2.24) is 0 Å². The first kappa shape index (κ1) is 78.3. The number of benzene rings is 20. The summed E-state index contributed by atoms with van der Waals surface area (Å²) >= 11 is 0. The standard InChI is InChI=1S/2C63H45NO/c1-63(2)59-40-50(43-15-7-4-8-16-43)31-37-55(59)56-38-36-53(41-60(56)63)64(52-34-29-46(30-35-52)49-18-11-17-48(39-49)42-13-5-3-6-14-42)51-32-27-45(28-33-51)44-23-25-47(26-24-44)54-20-12-21-58-57-19-9-10-22-61(57)65-62(54)58;1-63(2)59-40-48(42-14-5-3-6-15-42)32-38-55(59)56-39-37-51(41-60(56)63)64(50-35-30-46(31-36-50)53-19-10-9-18-52(53)45-16-7-4-8-17-45)49-33-28-44(29-34-49)43-24-26-47(27-25-43)54-21-13-22-58-57-20-11-12-23-61(57)65-62(54)58/h2*3-41H,1-2H3. The molecular formula is C126H90N2O2. The molecule has 22 aromatic rings. The highest BCUT2D eigenvalue weighted by atomic mass is 16.3. The predicted molar refractivity (Wildman–Crippen MR) is 546 cm³/mol. The summed E-state index contributed by atoms with van der Waals surface area (Å²) in [6, 6.07) is 172. The van der Waals surface area contributed by atoms with Gasteiger partial charge in [-0.1, -0.05) is 398 Å². The van der Waals surface area contributed by atoms with E-state index >= 15 is 0 Å². The van der Waals surface area contributed by atoms with Gasteiger partial charge >= 0.3 is 0 Å². The second-order valence-electron chi connectivity index (χ2n) is 35.4. The second-order valence-corrected chi connectivity index (χ2v) is 35.4. The van der Waals surface area contributed by atoms with Gasteiger partial charge in [0.2, 0.25) is 0 Å². The van der Waals surface area contributed by atoms with Crippen molar-refractivity contribution in [3.05, 3.63) is 495 Å². The van der Waals surface area contributed by atoms with E-state index in [1.54, 1.807) is 0 Å². The minimum Gasteiger partial charge on any atom is -0.455 e. The highest BCUT2D eigenvalue weighted by molar-refractivity contribution is 6.11. The van der Waals surface area contributed by atoms with Crippen LogP contribution in [0.25, 0.3) is 177 Å². The smallest absolute Gasteiger partial charge is 0.143 e. The van der Waals surface area contributed by atoms with Crippen LogP contribution in [0, 0.1) is 0 Å². The van der Waals surface area contributed by atoms with Crippen LogP contribution in [0.3, 0.4) is 0 Å². The second kappa shape index (κ2) is 32.5. The first-order valence-electron chi connectivity index (χ1n) is 45.0. The van der Waals surface area contributed by atoms with E-state index in [1.165, 1.54) is 111 Å². The lowest BCUT2D eigenvalue weighted by Gasteiger charge is -2.28. The molecule has 2 aromatic heterocycles. The molecular weight excluding hydrogens is 1570 g/mol. The Kier molecular flexibility index (Phi) is 19.6. The van der Waals surface area contributed by atoms with Crippen LogP contribution < -0.4 is 9.80 Å². The van der Waals surface area contributed by atoms with Crippen LogP contribution >= 0.6 is 0 Å². The molecule has 2 aliphatic rings. The van der Waals surface area contributed by atoms with E-state index in [9.17, 15) is 0 Å². The van der Waals surface area contributed by atoms with E-state index in [4.69, 9.17) is 8.83 Å². The molecule has 0 N–H and O–H groups in total. The summed E-state index contributed by atoms with van der Waals surface area (Å²) in [7, 11) is 0. The molecule has 130 heavy (non-hydrogen) atoms. The maximum absolute atomic E-state index is 6.38. The Balaban J connectivity index is 0.000000148. The molecule has 616 valence electrons. The molecule has 0 saturated carbocycles. The highest BCUT2D eigenvalue weighted by Crippen LogP contribution is 2.55. The third-order valence-corrected chi connectivity index (χ3v) is 27.0. The molecule has 0 atom stereocenters. The number of hydrogen-bond donors (Lipinski definition) is 0. The van der Waals surface area contributed by atoms with Crippen molar-refractivity contribution in [1.29, 1.82) is 0 Å². The molecule has 4 nitrogen and oxygen atoms in total. The van der Waals surface area contributed by atoms with Gasteiger partial charge in [0.15, 0.2) is 0 Å². The van der Waals surface area contributed by atoms with Gasteiger partial charge in [-0.2, -0.15) is 0 Å². The first-order valence-corrected chi connectivity index (χ1v) is 45.0. The van der Waals surface area contributed by atoms with E-state index in [1.807, 2.05) is 24.3 Å². The van der Waals surface area contributed by atoms with Crippen LogP contribution in [0.1, 0.15) is 49.9 Å². The normalized spacial score (nSPS) is 12.6. The lowest BCUT2D eigenvalue weighted by molar-refractivity contribution is 0.660. The minimum atomic E-state index is -0.186. The van der Waals surface area contributed by atoms with E-state index in [-0.39, 0.29) is 10.8 Å². The Morgan fingerprint density at radius 3 is 0.754 bits per heavy atom. The fourth-order valence-electron chi connectivity index (χ4n) is 20.2. The third-order valence-electron chi connectivity index (χ3n) is 27.0. The Bertz CT molecular complexity index is 8010. The summed E-state index contributed by atoms with van der Waals surface area (Å²) in [6.45, 7) is 9.49. The van der Waals surface area contributed by atoms with Crippen molar-refractivity contribution >= 4 is 78.0 Å². The molecule has 4 heteroatoms. The van der Waals surface area contributed by atoms with Crippen LogP contribution in [0.15, 0.2) is 482 Å². The van der Waals surface area contributed by atoms with Gasteiger partial charge in [0, 0.05) is 77.6 Å². The molecule has 2 heterocycles. The van der Waals surface area contributed by atoms with Gasteiger partial charge in [-0.25, -0.2) is 0 Å². The predicted octanol–water partition coefficient (Wildman–Crippen LogP) is 35.4. The number of rotatable bonds is 16. The molecule has 20 aromatic carbocycles. The summed E-state index contributed by atoms with van der Waals surface area (Å²) in [5, 5.41) is 4.57. The molecule has 24 rings (SSSR count). The van der Waals surface area contributed by atoms with Gasteiger partial charge in [-0.3, -0.25) is 0 Å². The average Bonchev–Trinajstić information content (AvgIpc) is 1.57. The number of furan rings is 2. The monoisotopic (exact) mass is 1660 g/mol. The van der Waals surface area contributed by atoms with Crippen molar-refractivity contribution < 1.29 is 8.83 Å². The quantitative estimate of drug-likeness (QED) is 0.0965. The summed E-state index contributed by atoms with van der Waals surface area (Å²) in [5.41, 5.74) is 44.3. The molecule has 0 bridgehead atoms. The van der Waals surface area contributed by atoms with Crippen molar-refractivity contribution in [2.75, 3.05) is 9.80 Å². The van der Waals surface area contributed by atoms with Crippen LogP contribution in [0.2, 0.25) is 0 Å². The van der Waals surface area contributed by atoms with Crippen LogP contribution in [-0.2, 0) is 10.8 Å². The third kappa shape index (κ3) is 14.2. The van der Waals surface area contributed by atoms with E-state index in [2.05, 4.69) is 486 Å². The lowest BCUT2D eigenvalue weighted by atomic mass is 9.81. The van der Waals surface area contributed by atoms with E-state index in [0.29, 0.717) is 0 Å². The molecule has 0 unspecified atom stereocenters. The number of hydrogen-bond acceptors (Lipinski definition) is 4. The largest absolute Gasteiger partial charge is 0.455 e. The molecule has 2 aliphatic carbocycles. The molecule has 0 radical (unpaired) electrons. The zero-order chi connectivity index (χ0) is 87.0. The Labute approximate surface area is 758 Å². The van der Waals surface area contributed by atoms with Crippen LogP contribution in [0.5, 0.6) is 0 Å². The minimum absolute atomic E-state index is 0.184. The Hall–Kier alpha value is -16.4. The first-order chi connectivity index (χ1) is 63.9. The fourth-order valence-corrected chi connectivity index (χ4v) is 20.2. The average molecular weight is 1660 g/mol. The summed E-state index contributed by atoms with van der Waals surface area (Å²) in [5.74, 6) is 0. The zero-order valence-electron chi connectivity index (χ0n) is 72.7. The van der Waals surface area contributed by atoms with Gasteiger partial charge in [0.05, 0.1) is 0 Å². The maximum Gasteiger partial charge on any atom is 0.143 e. The van der Waals surface area contributed by atoms with Crippen molar-refractivity contribution in [3.8, 4) is 134 Å². The van der Waals surface area contributed by atoms with Crippen molar-refractivity contribution in [3.63, 3.8) is 0 Å². The van der Waals surface area contributed by atoms with E-state index in [0.717, 1.165) is 123 Å². The van der Waals surface area contributed by atoms with Crippen molar-refractivity contribution in [2.45, 2.75) is 38.5 Å². The number of fused-ring (bicyclic) bond motifs is 12. The topological polar surface area (TPSA) is 32.8 Å². The molecule has 0 fully saturated rings. The summed E-state index contributed by atoms with van der Waals surface area (Å²) in [6.07, 6.45) is 0. The Morgan fingerprint density at radius 2 is 0.377 bits per heavy atom. The molecule has 0 aliphatic heterocycles. The SMILES string of the molecule is CC1(C)c2cc(-c3ccccc3)ccc2-c2ccc(N(c3ccc(-c4ccc(-c5cccc6c5oc5ccccc56)cc4)cc3)c3ccc(-c4cccc(-c5ccccc5)c4)cc3)cc21.CC1(C)c2cc(-c3ccccc3)ccc2-c2ccc(N(c3ccc(-c4ccc(-c5cccc6c5oc5ccccc56)cc4)cc3)c3ccc(-c4ccccc4-c4ccccc4)cc3)cc21. The molecule has 0 spiro atoms. The number of nitrogens with zero attached hydrogens (tertiary/aromatic N) is 2. The van der Waals surface area contributed by atoms with Gasteiger partial charge in [-0.05, 0) is 248 Å². The van der Waals surface area contributed by atoms with Gasteiger partial charge in [-0.15, -0.1) is 0 Å². The summed E-state index contributed by atoms with van der Waals surface area (Å²) in [4.78, 5) is 4.81. The maximum atomic E-state index is 6.38.